The fourth-order valence-electron chi connectivity index (χ4n) is 2.82. The molecule has 1 aliphatic rings. The second kappa shape index (κ2) is 9.20. The van der Waals surface area contributed by atoms with Crippen LogP contribution in [-0.4, -0.2) is 44.0 Å². The van der Waals surface area contributed by atoms with E-state index in [2.05, 4.69) is 14.9 Å². The molecule has 0 N–H and O–H groups in total. The average molecular weight is 370 g/mol. The van der Waals surface area contributed by atoms with Crippen LogP contribution in [0.25, 0.3) is 0 Å². The Kier molecular flexibility index (Phi) is 7.27. The lowest BCUT2D eigenvalue weighted by atomic mass is 10.1. The molecule has 1 unspecified atom stereocenters. The van der Waals surface area contributed by atoms with Gasteiger partial charge in [-0.25, -0.2) is 14.4 Å². The largest absolute Gasteiger partial charge is 0.303 e. The minimum absolute atomic E-state index is 0. The number of hydrogen-bond acceptors (Lipinski definition) is 4. The SMILES string of the molecule is Cl.O=S(c1ncccn1)C1CCN(CCc2ccc(F)cc2)CC1. The molecule has 0 bridgehead atoms. The summed E-state index contributed by atoms with van der Waals surface area (Å²) in [6.45, 7) is 2.82. The first-order valence-electron chi connectivity index (χ1n) is 7.87. The molecule has 1 fully saturated rings. The van der Waals surface area contributed by atoms with Crippen molar-refractivity contribution in [2.75, 3.05) is 19.6 Å². The first-order chi connectivity index (χ1) is 11.2. The molecular weight excluding hydrogens is 349 g/mol. The lowest BCUT2D eigenvalue weighted by Crippen LogP contribution is -2.38. The van der Waals surface area contributed by atoms with E-state index in [9.17, 15) is 8.60 Å². The van der Waals surface area contributed by atoms with E-state index in [-0.39, 0.29) is 23.5 Å². The van der Waals surface area contributed by atoms with Crippen molar-refractivity contribution in [3.8, 4) is 0 Å². The van der Waals surface area contributed by atoms with Crippen LogP contribution in [0.2, 0.25) is 0 Å². The summed E-state index contributed by atoms with van der Waals surface area (Å²) < 4.78 is 25.3. The molecule has 2 heterocycles. The summed E-state index contributed by atoms with van der Waals surface area (Å²) in [6.07, 6.45) is 5.98. The van der Waals surface area contributed by atoms with Gasteiger partial charge in [0.05, 0.1) is 10.8 Å². The number of hydrogen-bond donors (Lipinski definition) is 0. The predicted octanol–water partition coefficient (Wildman–Crippen LogP) is 2.85. The average Bonchev–Trinajstić information content (AvgIpc) is 2.62. The summed E-state index contributed by atoms with van der Waals surface area (Å²) >= 11 is 0. The topological polar surface area (TPSA) is 46.1 Å². The Bertz CT molecular complexity index is 649. The van der Waals surface area contributed by atoms with E-state index in [1.54, 1.807) is 18.5 Å². The second-order valence-electron chi connectivity index (χ2n) is 5.75. The standard InChI is InChI=1S/C17H20FN3OS.ClH/c18-15-4-2-14(3-5-15)6-11-21-12-7-16(8-13-21)23(22)17-19-9-1-10-20-17;/h1-5,9-10,16H,6-8,11-13H2;1H. The fraction of sp³-hybridized carbons (Fsp3) is 0.412. The monoisotopic (exact) mass is 369 g/mol. The van der Waals surface area contributed by atoms with Gasteiger partial charge in [0.25, 0.3) is 0 Å². The summed E-state index contributed by atoms with van der Waals surface area (Å²) in [6, 6.07) is 8.42. The molecule has 2 aromatic rings. The van der Waals surface area contributed by atoms with Crippen LogP contribution in [0, 0.1) is 5.82 Å². The van der Waals surface area contributed by atoms with Crippen molar-refractivity contribution < 1.29 is 8.60 Å². The van der Waals surface area contributed by atoms with Crippen molar-refractivity contribution in [3.63, 3.8) is 0 Å². The number of aromatic nitrogens is 2. The molecule has 0 saturated carbocycles. The molecule has 1 aliphatic heterocycles. The van der Waals surface area contributed by atoms with E-state index in [4.69, 9.17) is 0 Å². The molecule has 130 valence electrons. The Morgan fingerprint density at radius 2 is 1.75 bits per heavy atom. The zero-order valence-corrected chi connectivity index (χ0v) is 14.9. The quantitative estimate of drug-likeness (QED) is 0.760. The van der Waals surface area contributed by atoms with Crippen molar-refractivity contribution in [1.82, 2.24) is 14.9 Å². The van der Waals surface area contributed by atoms with Crippen molar-refractivity contribution >= 4 is 23.2 Å². The molecule has 3 rings (SSSR count). The zero-order valence-electron chi connectivity index (χ0n) is 13.3. The third-order valence-electron chi connectivity index (χ3n) is 4.19. The Labute approximate surface area is 150 Å². The molecule has 24 heavy (non-hydrogen) atoms. The van der Waals surface area contributed by atoms with Gasteiger partial charge in [0.15, 0.2) is 0 Å². The second-order valence-corrected chi connectivity index (χ2v) is 7.37. The molecule has 1 aromatic heterocycles. The van der Waals surface area contributed by atoms with Gasteiger partial charge in [0.1, 0.15) is 5.82 Å². The third kappa shape index (κ3) is 5.06. The van der Waals surface area contributed by atoms with Gasteiger partial charge in [-0.1, -0.05) is 12.1 Å². The highest BCUT2D eigenvalue weighted by atomic mass is 35.5. The Morgan fingerprint density at radius 1 is 1.12 bits per heavy atom. The Hall–Kier alpha value is -1.37. The van der Waals surface area contributed by atoms with E-state index in [0.717, 1.165) is 44.5 Å². The number of likely N-dealkylation sites (tertiary alicyclic amines) is 1. The van der Waals surface area contributed by atoms with Gasteiger partial charge in [0, 0.05) is 24.2 Å². The summed E-state index contributed by atoms with van der Waals surface area (Å²) in [7, 11) is -1.12. The van der Waals surface area contributed by atoms with Gasteiger partial charge in [-0.15, -0.1) is 12.4 Å². The molecule has 0 aliphatic carbocycles. The maximum Gasteiger partial charge on any atom is 0.218 e. The molecule has 0 radical (unpaired) electrons. The van der Waals surface area contributed by atoms with Gasteiger partial charge in [-0.3, -0.25) is 4.21 Å². The van der Waals surface area contributed by atoms with Gasteiger partial charge in [-0.2, -0.15) is 0 Å². The molecule has 1 saturated heterocycles. The molecule has 4 nitrogen and oxygen atoms in total. The lowest BCUT2D eigenvalue weighted by Gasteiger charge is -2.31. The predicted molar refractivity (Wildman–Crippen MR) is 95.3 cm³/mol. The maximum atomic E-state index is 12.9. The van der Waals surface area contributed by atoms with Crippen molar-refractivity contribution in [2.24, 2.45) is 0 Å². The maximum absolute atomic E-state index is 12.9. The Balaban J connectivity index is 0.00000208. The third-order valence-corrected chi connectivity index (χ3v) is 5.84. The van der Waals surface area contributed by atoms with Crippen molar-refractivity contribution in [2.45, 2.75) is 29.7 Å². The summed E-state index contributed by atoms with van der Waals surface area (Å²) in [5.41, 5.74) is 1.15. The van der Waals surface area contributed by atoms with E-state index >= 15 is 0 Å². The van der Waals surface area contributed by atoms with Crippen LogP contribution in [0.4, 0.5) is 4.39 Å². The fourth-order valence-corrected chi connectivity index (χ4v) is 4.09. The number of rotatable bonds is 5. The van der Waals surface area contributed by atoms with Gasteiger partial charge < -0.3 is 4.90 Å². The number of benzene rings is 1. The Morgan fingerprint density at radius 3 is 2.38 bits per heavy atom. The molecule has 0 spiro atoms. The van der Waals surface area contributed by atoms with Crippen molar-refractivity contribution in [3.05, 3.63) is 54.1 Å². The molecule has 1 atom stereocenters. The smallest absolute Gasteiger partial charge is 0.218 e. The minimum atomic E-state index is -1.12. The molecule has 7 heteroatoms. The van der Waals surface area contributed by atoms with Crippen LogP contribution in [0.15, 0.2) is 47.9 Å². The van der Waals surface area contributed by atoms with Crippen LogP contribution < -0.4 is 0 Å². The highest BCUT2D eigenvalue weighted by molar-refractivity contribution is 7.85. The van der Waals surface area contributed by atoms with E-state index in [0.29, 0.717) is 5.16 Å². The van der Waals surface area contributed by atoms with E-state index in [1.807, 2.05) is 12.1 Å². The molecule has 0 amide bonds. The van der Waals surface area contributed by atoms with Crippen LogP contribution in [0.3, 0.4) is 0 Å². The first-order valence-corrected chi connectivity index (χ1v) is 9.08. The normalized spacial score (nSPS) is 17.2. The summed E-state index contributed by atoms with van der Waals surface area (Å²) in [5, 5.41) is 0.580. The highest BCUT2D eigenvalue weighted by Crippen LogP contribution is 2.19. The minimum Gasteiger partial charge on any atom is -0.303 e. The number of halogens is 2. The van der Waals surface area contributed by atoms with Crippen LogP contribution in [0.1, 0.15) is 18.4 Å². The summed E-state index contributed by atoms with van der Waals surface area (Å²) in [5.74, 6) is -0.194. The van der Waals surface area contributed by atoms with Crippen molar-refractivity contribution in [1.29, 1.82) is 0 Å². The van der Waals surface area contributed by atoms with Gasteiger partial charge >= 0.3 is 0 Å². The van der Waals surface area contributed by atoms with E-state index in [1.165, 1.54) is 12.1 Å². The first kappa shape index (κ1) is 19.0. The lowest BCUT2D eigenvalue weighted by molar-refractivity contribution is 0.234. The van der Waals surface area contributed by atoms with Crippen LogP contribution in [0.5, 0.6) is 0 Å². The summed E-state index contributed by atoms with van der Waals surface area (Å²) in [4.78, 5) is 10.6. The van der Waals surface area contributed by atoms with Gasteiger partial charge in [-0.05, 0) is 56.1 Å². The number of piperidine rings is 1. The molecular formula is C17H21ClFN3OS. The van der Waals surface area contributed by atoms with Crippen LogP contribution >= 0.6 is 12.4 Å². The van der Waals surface area contributed by atoms with E-state index < -0.39 is 10.8 Å². The number of nitrogens with zero attached hydrogens (tertiary/aromatic N) is 3. The molecule has 1 aromatic carbocycles. The zero-order chi connectivity index (χ0) is 16.1. The van der Waals surface area contributed by atoms with Crippen LogP contribution in [-0.2, 0) is 17.2 Å². The van der Waals surface area contributed by atoms with Gasteiger partial charge in [0.2, 0.25) is 5.16 Å². The highest BCUT2D eigenvalue weighted by Gasteiger charge is 2.25.